The van der Waals surface area contributed by atoms with Crippen LogP contribution in [-0.4, -0.2) is 47.1 Å². The smallest absolute Gasteiger partial charge is 1.00 e. The molecule has 0 amide bonds. The fourth-order valence-electron chi connectivity index (χ4n) is 3.48. The number of fused-ring (bicyclic) bond motifs is 1. The summed E-state index contributed by atoms with van der Waals surface area (Å²) < 4.78 is 7.32. The summed E-state index contributed by atoms with van der Waals surface area (Å²) in [5, 5.41) is 8.78. The molecule has 2 aromatic carbocycles. The van der Waals surface area contributed by atoms with Crippen LogP contribution in [0.2, 0.25) is 0 Å². The van der Waals surface area contributed by atoms with Gasteiger partial charge in [-0.05, 0) is 0 Å². The molecule has 5 nitrogen and oxygen atoms in total. The fourth-order valence-corrected chi connectivity index (χ4v) is 7.19. The van der Waals surface area contributed by atoms with Crippen LogP contribution in [0.1, 0.15) is 29.8 Å². The summed E-state index contributed by atoms with van der Waals surface area (Å²) in [5.74, 6) is 0. The van der Waals surface area contributed by atoms with Gasteiger partial charge in [-0.1, -0.05) is 0 Å². The summed E-state index contributed by atoms with van der Waals surface area (Å²) in [5.41, 5.74) is 3.43. The van der Waals surface area contributed by atoms with Gasteiger partial charge in [-0.2, -0.15) is 0 Å². The van der Waals surface area contributed by atoms with Crippen molar-refractivity contribution >= 4 is 67.0 Å². The number of hydrogen-bond donors (Lipinski definition) is 0. The summed E-state index contributed by atoms with van der Waals surface area (Å²) in [6, 6.07) is 17.0. The van der Waals surface area contributed by atoms with Gasteiger partial charge in [0.1, 0.15) is 0 Å². The molecule has 32 heavy (non-hydrogen) atoms. The second kappa shape index (κ2) is 12.0. The van der Waals surface area contributed by atoms with Crippen LogP contribution in [0.15, 0.2) is 65.0 Å². The molecule has 2 heterocycles. The van der Waals surface area contributed by atoms with Crippen molar-refractivity contribution in [2.75, 3.05) is 18.0 Å². The third-order valence-electron chi connectivity index (χ3n) is 5.08. The molecule has 0 aliphatic heterocycles. The second-order valence-electron chi connectivity index (χ2n) is 6.92. The summed E-state index contributed by atoms with van der Waals surface area (Å²) >= 11 is 0.452. The van der Waals surface area contributed by atoms with E-state index in [1.807, 2.05) is 18.3 Å². The van der Waals surface area contributed by atoms with Gasteiger partial charge in [-0.25, -0.2) is 0 Å². The Morgan fingerprint density at radius 1 is 0.938 bits per heavy atom. The van der Waals surface area contributed by atoms with Gasteiger partial charge in [-0.15, -0.1) is 0 Å². The van der Waals surface area contributed by atoms with Crippen molar-refractivity contribution in [3.8, 4) is 0 Å². The molecule has 8 heteroatoms. The molecule has 4 rings (SSSR count). The van der Waals surface area contributed by atoms with E-state index in [0.29, 0.717) is 14.5 Å². The summed E-state index contributed by atoms with van der Waals surface area (Å²) in [7, 11) is 0. The molecular formula is C24H26IN5Se2. The van der Waals surface area contributed by atoms with Crippen molar-refractivity contribution in [2.45, 2.75) is 27.3 Å². The standard InChI is InChI=1S/C24H26N5Se2.HI/c1-4-28(5-2)19-13-11-18(12-14-19)26-27-24-25-17-20(30-24)15-16-23-29(6-3)21-9-7-8-10-22(21)31-23;/h7-17H,4-6H2,1-3H3;1H/q+1;/p-1. The predicted molar refractivity (Wildman–Crippen MR) is 131 cm³/mol. The topological polar surface area (TPSA) is 44.7 Å². The Hall–Kier alpha value is -1.57. The molecule has 0 fully saturated rings. The first-order valence-electron chi connectivity index (χ1n) is 10.5. The van der Waals surface area contributed by atoms with Gasteiger partial charge in [0, 0.05) is 0 Å². The van der Waals surface area contributed by atoms with Gasteiger partial charge in [0.15, 0.2) is 0 Å². The average molecular weight is 669 g/mol. The minimum atomic E-state index is 0. The summed E-state index contributed by atoms with van der Waals surface area (Å²) in [6.45, 7) is 9.54. The fraction of sp³-hybridized carbons (Fsp3) is 0.250. The zero-order chi connectivity index (χ0) is 21.6. The first kappa shape index (κ1) is 25.1. The van der Waals surface area contributed by atoms with Crippen molar-refractivity contribution in [2.24, 2.45) is 10.2 Å². The number of benzene rings is 2. The molecule has 0 aliphatic carbocycles. The minimum absolute atomic E-state index is 0. The molecule has 0 radical (unpaired) electrons. The Kier molecular flexibility index (Phi) is 9.44. The minimum Gasteiger partial charge on any atom is -1.00 e. The number of hydrogen-bond acceptors (Lipinski definition) is 4. The van der Waals surface area contributed by atoms with Crippen LogP contribution >= 0.6 is 0 Å². The van der Waals surface area contributed by atoms with E-state index in [2.05, 4.69) is 94.0 Å². The Bertz CT molecular complexity index is 1210. The third-order valence-corrected chi connectivity index (χ3v) is 9.23. The van der Waals surface area contributed by atoms with E-state index in [4.69, 9.17) is 0 Å². The third kappa shape index (κ3) is 5.86. The molecule has 0 saturated carbocycles. The van der Waals surface area contributed by atoms with Crippen LogP contribution in [0.3, 0.4) is 0 Å². The average Bonchev–Trinajstić information content (AvgIpc) is 3.41. The Morgan fingerprint density at radius 2 is 1.69 bits per heavy atom. The van der Waals surface area contributed by atoms with E-state index in [-0.39, 0.29) is 38.5 Å². The molecule has 4 aromatic rings. The molecule has 0 saturated heterocycles. The van der Waals surface area contributed by atoms with Crippen molar-refractivity contribution in [3.05, 3.63) is 63.7 Å². The Balaban J connectivity index is 0.00000289. The Morgan fingerprint density at radius 3 is 2.41 bits per heavy atom. The molecule has 0 atom stereocenters. The van der Waals surface area contributed by atoms with Crippen molar-refractivity contribution < 1.29 is 28.5 Å². The SMILES string of the molecule is CCN(CC)c1ccc(N=Nc2ncc(/C=C/c3[se]c4ccccc4[n+]3CC)[se]2)cc1.[I-]. The zero-order valence-electron chi connectivity index (χ0n) is 18.4. The molecule has 0 bridgehead atoms. The number of aromatic nitrogens is 2. The molecular weight excluding hydrogens is 643 g/mol. The summed E-state index contributed by atoms with van der Waals surface area (Å²) in [4.78, 5) is 6.79. The maximum absolute atomic E-state index is 4.47. The van der Waals surface area contributed by atoms with Gasteiger partial charge < -0.3 is 24.0 Å². The van der Waals surface area contributed by atoms with E-state index >= 15 is 0 Å². The first-order chi connectivity index (χ1) is 15.2. The zero-order valence-corrected chi connectivity index (χ0v) is 24.0. The Labute approximate surface area is 218 Å². The van der Waals surface area contributed by atoms with E-state index in [1.54, 1.807) is 0 Å². The van der Waals surface area contributed by atoms with Crippen molar-refractivity contribution in [1.29, 1.82) is 0 Å². The molecule has 2 aromatic heterocycles. The van der Waals surface area contributed by atoms with Crippen LogP contribution in [0, 0.1) is 0 Å². The molecule has 0 aliphatic rings. The van der Waals surface area contributed by atoms with E-state index < -0.39 is 0 Å². The second-order valence-corrected chi connectivity index (χ2v) is 11.3. The molecule has 166 valence electrons. The van der Waals surface area contributed by atoms with Gasteiger partial charge in [-0.3, -0.25) is 0 Å². The van der Waals surface area contributed by atoms with Crippen molar-refractivity contribution in [3.63, 3.8) is 0 Å². The van der Waals surface area contributed by atoms with Gasteiger partial charge in [0.2, 0.25) is 0 Å². The normalized spacial score (nSPS) is 11.5. The van der Waals surface area contributed by atoms with Crippen LogP contribution in [-0.2, 0) is 6.54 Å². The van der Waals surface area contributed by atoms with Crippen LogP contribution in [0.5, 0.6) is 0 Å². The number of nitrogens with zero attached hydrogens (tertiary/aromatic N) is 5. The van der Waals surface area contributed by atoms with Gasteiger partial charge >= 0.3 is 196 Å². The molecule has 0 N–H and O–H groups in total. The van der Waals surface area contributed by atoms with Crippen molar-refractivity contribution in [1.82, 2.24) is 4.98 Å². The van der Waals surface area contributed by atoms with E-state index in [0.717, 1.165) is 30.0 Å². The van der Waals surface area contributed by atoms with Gasteiger partial charge in [0.25, 0.3) is 0 Å². The van der Waals surface area contributed by atoms with E-state index in [9.17, 15) is 0 Å². The number of rotatable bonds is 8. The largest absolute Gasteiger partial charge is 1.00 e. The maximum Gasteiger partial charge on any atom is -1.00 e. The molecule has 0 unspecified atom stereocenters. The first-order valence-corrected chi connectivity index (χ1v) is 14.0. The number of para-hydroxylation sites is 1. The number of aryl methyl sites for hydroxylation is 1. The monoisotopic (exact) mass is 671 g/mol. The molecule has 0 spiro atoms. The van der Waals surface area contributed by atoms with Gasteiger partial charge in [0.05, 0.1) is 0 Å². The predicted octanol–water partition coefficient (Wildman–Crippen LogP) is 2.09. The van der Waals surface area contributed by atoms with E-state index in [1.165, 1.54) is 24.5 Å². The maximum atomic E-state index is 4.47. The van der Waals surface area contributed by atoms with Crippen LogP contribution < -0.4 is 33.4 Å². The van der Waals surface area contributed by atoms with Crippen LogP contribution in [0.4, 0.5) is 16.1 Å². The van der Waals surface area contributed by atoms with Crippen LogP contribution in [0.25, 0.3) is 21.9 Å². The number of anilines is 1. The number of halogens is 1. The number of azo groups is 1. The quantitative estimate of drug-likeness (QED) is 0.125. The summed E-state index contributed by atoms with van der Waals surface area (Å²) in [6.07, 6.45) is 6.40.